The van der Waals surface area contributed by atoms with Gasteiger partial charge in [-0.25, -0.2) is 0 Å². The summed E-state index contributed by atoms with van der Waals surface area (Å²) in [6, 6.07) is 8.53. The van der Waals surface area contributed by atoms with Gasteiger partial charge in [0.25, 0.3) is 0 Å². The monoisotopic (exact) mass is 257 g/mol. The zero-order chi connectivity index (χ0) is 12.9. The summed E-state index contributed by atoms with van der Waals surface area (Å²) in [6.45, 7) is 5.97. The number of hydrogen-bond donors (Lipinski definition) is 2. The van der Waals surface area contributed by atoms with Gasteiger partial charge in [-0.3, -0.25) is 0 Å². The molecule has 19 heavy (non-hydrogen) atoms. The Labute approximate surface area is 115 Å². The lowest BCUT2D eigenvalue weighted by Crippen LogP contribution is -2.30. The largest absolute Gasteiger partial charge is 0.361 e. The second-order valence-electron chi connectivity index (χ2n) is 5.41. The number of nitrogens with zero attached hydrogens (tertiary/aromatic N) is 1. The summed E-state index contributed by atoms with van der Waals surface area (Å²) < 4.78 is 0. The summed E-state index contributed by atoms with van der Waals surface area (Å²) in [7, 11) is 0. The Kier molecular flexibility index (Phi) is 4.16. The Morgan fingerprint density at radius 1 is 1.11 bits per heavy atom. The molecule has 102 valence electrons. The molecule has 1 aromatic carbocycles. The van der Waals surface area contributed by atoms with Gasteiger partial charge in [-0.2, -0.15) is 0 Å². The van der Waals surface area contributed by atoms with E-state index < -0.39 is 0 Å². The zero-order valence-electron chi connectivity index (χ0n) is 11.5. The molecule has 2 aromatic rings. The fourth-order valence-electron chi connectivity index (χ4n) is 2.93. The molecule has 3 rings (SSSR count). The number of fused-ring (bicyclic) bond motifs is 1. The van der Waals surface area contributed by atoms with E-state index in [9.17, 15) is 0 Å². The second kappa shape index (κ2) is 6.22. The first-order valence-electron chi connectivity index (χ1n) is 7.41. The highest BCUT2D eigenvalue weighted by atomic mass is 15.1. The molecule has 1 aromatic heterocycles. The Hall–Kier alpha value is -1.32. The third-order valence-electron chi connectivity index (χ3n) is 4.05. The first kappa shape index (κ1) is 12.7. The van der Waals surface area contributed by atoms with Gasteiger partial charge in [-0.1, -0.05) is 18.2 Å². The fourth-order valence-corrected chi connectivity index (χ4v) is 2.93. The van der Waals surface area contributed by atoms with E-state index in [-0.39, 0.29) is 0 Å². The average molecular weight is 257 g/mol. The van der Waals surface area contributed by atoms with Gasteiger partial charge in [0.2, 0.25) is 0 Å². The predicted molar refractivity (Wildman–Crippen MR) is 80.5 cm³/mol. The number of aromatic amines is 1. The summed E-state index contributed by atoms with van der Waals surface area (Å²) in [5.74, 6) is 0. The van der Waals surface area contributed by atoms with Crippen LogP contribution in [-0.2, 0) is 6.42 Å². The van der Waals surface area contributed by atoms with E-state index in [4.69, 9.17) is 0 Å². The maximum atomic E-state index is 3.56. The van der Waals surface area contributed by atoms with E-state index in [0.717, 1.165) is 19.5 Å². The Bertz CT molecular complexity index is 511. The Balaban J connectivity index is 1.42. The molecule has 0 amide bonds. The number of rotatable bonds is 6. The highest BCUT2D eigenvalue weighted by Crippen LogP contribution is 2.17. The number of likely N-dealkylation sites (tertiary alicyclic amines) is 1. The standard InChI is InChI=1S/C16H23N3/c1-2-6-16-15(5-1)14(13-18-16)7-8-17-9-12-19-10-3-4-11-19/h1-2,5-6,13,17-18H,3-4,7-12H2. The van der Waals surface area contributed by atoms with Crippen molar-refractivity contribution in [2.45, 2.75) is 19.3 Å². The molecule has 0 unspecified atom stereocenters. The second-order valence-corrected chi connectivity index (χ2v) is 5.41. The fraction of sp³-hybridized carbons (Fsp3) is 0.500. The molecule has 1 aliphatic heterocycles. The lowest BCUT2D eigenvalue weighted by molar-refractivity contribution is 0.336. The molecule has 3 heteroatoms. The minimum absolute atomic E-state index is 1.07. The van der Waals surface area contributed by atoms with E-state index >= 15 is 0 Å². The van der Waals surface area contributed by atoms with Gasteiger partial charge in [0.05, 0.1) is 0 Å². The molecular weight excluding hydrogens is 234 g/mol. The van der Waals surface area contributed by atoms with E-state index in [1.807, 2.05) is 0 Å². The molecule has 0 saturated carbocycles. The van der Waals surface area contributed by atoms with E-state index in [2.05, 4.69) is 45.7 Å². The molecule has 3 nitrogen and oxygen atoms in total. The Morgan fingerprint density at radius 3 is 2.84 bits per heavy atom. The number of aromatic nitrogens is 1. The number of nitrogens with one attached hydrogen (secondary N) is 2. The van der Waals surface area contributed by atoms with Crippen molar-refractivity contribution in [1.29, 1.82) is 0 Å². The van der Waals surface area contributed by atoms with Crippen LogP contribution in [0.3, 0.4) is 0 Å². The van der Waals surface area contributed by atoms with E-state index in [0.29, 0.717) is 0 Å². The summed E-state index contributed by atoms with van der Waals surface area (Å²) in [5, 5.41) is 4.92. The van der Waals surface area contributed by atoms with Crippen LogP contribution in [0.25, 0.3) is 10.9 Å². The maximum absolute atomic E-state index is 3.56. The van der Waals surface area contributed by atoms with Crippen molar-refractivity contribution < 1.29 is 0 Å². The maximum Gasteiger partial charge on any atom is 0.0456 e. The van der Waals surface area contributed by atoms with Gasteiger partial charge >= 0.3 is 0 Å². The number of hydrogen-bond acceptors (Lipinski definition) is 2. The van der Waals surface area contributed by atoms with Crippen molar-refractivity contribution in [2.24, 2.45) is 0 Å². The quantitative estimate of drug-likeness (QED) is 0.779. The number of H-pyrrole nitrogens is 1. The molecule has 1 fully saturated rings. The van der Waals surface area contributed by atoms with Gasteiger partial charge in [0.15, 0.2) is 0 Å². The predicted octanol–water partition coefficient (Wildman–Crippen LogP) is 2.40. The lowest BCUT2D eigenvalue weighted by Gasteiger charge is -2.14. The van der Waals surface area contributed by atoms with Crippen LogP contribution in [0, 0.1) is 0 Å². The van der Waals surface area contributed by atoms with Crippen LogP contribution in [0.15, 0.2) is 30.5 Å². The van der Waals surface area contributed by atoms with Crippen LogP contribution in [0.4, 0.5) is 0 Å². The van der Waals surface area contributed by atoms with Crippen LogP contribution in [0.2, 0.25) is 0 Å². The van der Waals surface area contributed by atoms with Crippen molar-refractivity contribution in [3.63, 3.8) is 0 Å². The summed E-state index contributed by atoms with van der Waals surface area (Å²) >= 11 is 0. The molecule has 1 aliphatic rings. The lowest BCUT2D eigenvalue weighted by atomic mass is 10.1. The highest BCUT2D eigenvalue weighted by molar-refractivity contribution is 5.83. The first-order chi connectivity index (χ1) is 9.43. The smallest absolute Gasteiger partial charge is 0.0456 e. The SMILES string of the molecule is c1ccc2c(CCNCCN3CCCC3)c[nH]c2c1. The highest BCUT2D eigenvalue weighted by Gasteiger charge is 2.10. The molecule has 0 aliphatic carbocycles. The number of benzene rings is 1. The summed E-state index contributed by atoms with van der Waals surface area (Å²) in [5.41, 5.74) is 2.67. The summed E-state index contributed by atoms with van der Waals surface area (Å²) in [4.78, 5) is 5.89. The summed E-state index contributed by atoms with van der Waals surface area (Å²) in [6.07, 6.45) is 6.02. The molecule has 0 spiro atoms. The van der Waals surface area contributed by atoms with Crippen LogP contribution in [0.1, 0.15) is 18.4 Å². The van der Waals surface area contributed by atoms with Crippen molar-refractivity contribution in [3.8, 4) is 0 Å². The molecule has 0 radical (unpaired) electrons. The topological polar surface area (TPSA) is 31.1 Å². The normalized spacial score (nSPS) is 16.4. The Morgan fingerprint density at radius 2 is 1.95 bits per heavy atom. The van der Waals surface area contributed by atoms with Gasteiger partial charge < -0.3 is 15.2 Å². The molecule has 0 atom stereocenters. The molecule has 1 saturated heterocycles. The van der Waals surface area contributed by atoms with Crippen molar-refractivity contribution in [1.82, 2.24) is 15.2 Å². The first-order valence-corrected chi connectivity index (χ1v) is 7.41. The van der Waals surface area contributed by atoms with Gasteiger partial charge in [0, 0.05) is 30.2 Å². The molecule has 0 bridgehead atoms. The van der Waals surface area contributed by atoms with Crippen molar-refractivity contribution in [2.75, 3.05) is 32.7 Å². The van der Waals surface area contributed by atoms with Gasteiger partial charge in [-0.05, 0) is 50.5 Å². The molecule has 2 N–H and O–H groups in total. The van der Waals surface area contributed by atoms with Crippen molar-refractivity contribution in [3.05, 3.63) is 36.0 Å². The van der Waals surface area contributed by atoms with Gasteiger partial charge in [0.1, 0.15) is 0 Å². The van der Waals surface area contributed by atoms with Crippen LogP contribution in [0.5, 0.6) is 0 Å². The minimum Gasteiger partial charge on any atom is -0.361 e. The van der Waals surface area contributed by atoms with Crippen LogP contribution < -0.4 is 5.32 Å². The third kappa shape index (κ3) is 3.17. The van der Waals surface area contributed by atoms with E-state index in [1.54, 1.807) is 0 Å². The average Bonchev–Trinajstić information content (AvgIpc) is 3.08. The number of para-hydroxylation sites is 1. The van der Waals surface area contributed by atoms with Gasteiger partial charge in [-0.15, -0.1) is 0 Å². The van der Waals surface area contributed by atoms with E-state index in [1.165, 1.54) is 48.9 Å². The molecular formula is C16H23N3. The van der Waals surface area contributed by atoms with Crippen LogP contribution >= 0.6 is 0 Å². The van der Waals surface area contributed by atoms with Crippen LogP contribution in [-0.4, -0.2) is 42.6 Å². The minimum atomic E-state index is 1.07. The third-order valence-corrected chi connectivity index (χ3v) is 4.05. The zero-order valence-corrected chi connectivity index (χ0v) is 11.5. The van der Waals surface area contributed by atoms with Crippen molar-refractivity contribution >= 4 is 10.9 Å². The molecule has 2 heterocycles.